The van der Waals surface area contributed by atoms with Gasteiger partial charge in [0.25, 0.3) is 5.91 Å². The van der Waals surface area contributed by atoms with Crippen molar-refractivity contribution in [2.45, 2.75) is 63.9 Å². The van der Waals surface area contributed by atoms with Gasteiger partial charge >= 0.3 is 0 Å². The number of carbonyl (C=O) groups excluding carboxylic acids is 1. The van der Waals surface area contributed by atoms with Crippen molar-refractivity contribution in [2.24, 2.45) is 5.41 Å². The predicted molar refractivity (Wildman–Crippen MR) is 126 cm³/mol. The van der Waals surface area contributed by atoms with Crippen LogP contribution in [0.1, 0.15) is 74.3 Å². The SMILES string of the molecule is CC1(C)CCCC(O)(CN(C(=O)c2ccccc2)c2cc(C3CC3)n(-c3ccncn3)n2)C1. The van der Waals surface area contributed by atoms with Gasteiger partial charge in [-0.2, -0.15) is 0 Å². The highest BCUT2D eigenvalue weighted by atomic mass is 16.3. The number of hydrogen-bond donors (Lipinski definition) is 1. The van der Waals surface area contributed by atoms with Gasteiger partial charge in [-0.1, -0.05) is 32.0 Å². The molecular formula is C26H31N5O2. The fourth-order valence-corrected chi connectivity index (χ4v) is 5.16. The lowest BCUT2D eigenvalue weighted by Crippen LogP contribution is -2.50. The van der Waals surface area contributed by atoms with Crippen LogP contribution in [0, 0.1) is 5.41 Å². The highest BCUT2D eigenvalue weighted by Gasteiger charge is 2.42. The quantitative estimate of drug-likeness (QED) is 0.603. The number of carbonyl (C=O) groups is 1. The van der Waals surface area contributed by atoms with Crippen LogP contribution in [-0.4, -0.2) is 42.9 Å². The second-order valence-electron chi connectivity index (χ2n) is 10.4. The Hall–Kier alpha value is -3.06. The molecule has 0 saturated heterocycles. The highest BCUT2D eigenvalue weighted by molar-refractivity contribution is 6.05. The molecule has 0 bridgehead atoms. The van der Waals surface area contributed by atoms with E-state index in [1.165, 1.54) is 6.33 Å². The lowest BCUT2D eigenvalue weighted by Gasteiger charge is -2.43. The van der Waals surface area contributed by atoms with Crippen LogP contribution in [0.5, 0.6) is 0 Å². The van der Waals surface area contributed by atoms with Gasteiger partial charge in [0.05, 0.1) is 17.8 Å². The molecule has 2 aliphatic carbocycles. The number of aromatic nitrogens is 4. The molecule has 33 heavy (non-hydrogen) atoms. The first kappa shape index (κ1) is 21.8. The first-order valence-corrected chi connectivity index (χ1v) is 11.8. The van der Waals surface area contributed by atoms with Crippen molar-refractivity contribution in [3.8, 4) is 5.82 Å². The van der Waals surface area contributed by atoms with Gasteiger partial charge < -0.3 is 5.11 Å². The Morgan fingerprint density at radius 1 is 1.18 bits per heavy atom. The van der Waals surface area contributed by atoms with Crippen LogP contribution in [-0.2, 0) is 0 Å². The van der Waals surface area contributed by atoms with Gasteiger partial charge in [-0.15, -0.1) is 5.10 Å². The van der Waals surface area contributed by atoms with Crippen molar-refractivity contribution in [2.75, 3.05) is 11.4 Å². The molecule has 1 N–H and O–H groups in total. The van der Waals surface area contributed by atoms with Gasteiger partial charge in [-0.3, -0.25) is 9.69 Å². The Balaban J connectivity index is 1.55. The minimum absolute atomic E-state index is 0.0357. The Bertz CT molecular complexity index is 1120. The topological polar surface area (TPSA) is 84.1 Å². The number of benzene rings is 1. The Morgan fingerprint density at radius 2 is 1.97 bits per heavy atom. The number of nitrogens with zero attached hydrogens (tertiary/aromatic N) is 5. The van der Waals surface area contributed by atoms with Crippen molar-refractivity contribution in [1.82, 2.24) is 19.7 Å². The van der Waals surface area contributed by atoms with E-state index in [2.05, 4.69) is 23.8 Å². The predicted octanol–water partition coefficient (Wildman–Crippen LogP) is 4.52. The molecule has 7 heteroatoms. The van der Waals surface area contributed by atoms with Crippen molar-refractivity contribution in [1.29, 1.82) is 0 Å². The fraction of sp³-hybridized carbons (Fsp3) is 0.462. The number of hydrogen-bond acceptors (Lipinski definition) is 5. The molecule has 0 aliphatic heterocycles. The van der Waals surface area contributed by atoms with E-state index in [4.69, 9.17) is 5.10 Å². The second kappa shape index (κ2) is 8.37. The molecule has 2 aliphatic rings. The average molecular weight is 446 g/mol. The third-order valence-electron chi connectivity index (χ3n) is 6.80. The molecule has 3 aromatic rings. The normalized spacial score (nSPS) is 22.2. The number of aliphatic hydroxyl groups is 1. The summed E-state index contributed by atoms with van der Waals surface area (Å²) in [5.74, 6) is 1.50. The minimum Gasteiger partial charge on any atom is -0.388 e. The maximum Gasteiger partial charge on any atom is 0.259 e. The molecule has 2 fully saturated rings. The second-order valence-corrected chi connectivity index (χ2v) is 10.4. The smallest absolute Gasteiger partial charge is 0.259 e. The molecule has 1 atom stereocenters. The summed E-state index contributed by atoms with van der Waals surface area (Å²) in [5, 5.41) is 16.4. The van der Waals surface area contributed by atoms with Crippen molar-refractivity contribution in [3.05, 3.63) is 66.2 Å². The van der Waals surface area contributed by atoms with Gasteiger partial charge in [0, 0.05) is 29.8 Å². The number of anilines is 1. The van der Waals surface area contributed by atoms with E-state index >= 15 is 0 Å². The zero-order chi connectivity index (χ0) is 23.1. The van der Waals surface area contributed by atoms with Crippen molar-refractivity contribution < 1.29 is 9.90 Å². The average Bonchev–Trinajstić information content (AvgIpc) is 3.56. The number of rotatable bonds is 6. The maximum absolute atomic E-state index is 13.7. The van der Waals surface area contributed by atoms with Crippen LogP contribution in [0.2, 0.25) is 0 Å². The third kappa shape index (κ3) is 4.69. The van der Waals surface area contributed by atoms with Crippen LogP contribution in [0.4, 0.5) is 5.82 Å². The minimum atomic E-state index is -0.954. The van der Waals surface area contributed by atoms with Gasteiger partial charge in [0.15, 0.2) is 11.6 Å². The lowest BCUT2D eigenvalue weighted by molar-refractivity contribution is -0.0319. The molecule has 2 aromatic heterocycles. The summed E-state index contributed by atoms with van der Waals surface area (Å²) in [6.07, 6.45) is 8.75. The van der Waals surface area contributed by atoms with E-state index in [0.29, 0.717) is 36.0 Å². The molecule has 1 amide bonds. The van der Waals surface area contributed by atoms with Crippen LogP contribution in [0.15, 0.2) is 55.0 Å². The van der Waals surface area contributed by atoms with Crippen LogP contribution >= 0.6 is 0 Å². The Labute approximate surface area is 194 Å². The lowest BCUT2D eigenvalue weighted by atomic mass is 9.69. The largest absolute Gasteiger partial charge is 0.388 e. The molecule has 0 spiro atoms. The zero-order valence-corrected chi connectivity index (χ0v) is 19.3. The third-order valence-corrected chi connectivity index (χ3v) is 6.80. The summed E-state index contributed by atoms with van der Waals surface area (Å²) in [5.41, 5.74) is 0.713. The molecule has 172 valence electrons. The van der Waals surface area contributed by atoms with Gasteiger partial charge in [0.1, 0.15) is 6.33 Å². The first-order chi connectivity index (χ1) is 15.8. The van der Waals surface area contributed by atoms with Crippen LogP contribution < -0.4 is 4.90 Å². The summed E-state index contributed by atoms with van der Waals surface area (Å²) in [7, 11) is 0. The number of amides is 1. The first-order valence-electron chi connectivity index (χ1n) is 11.8. The van der Waals surface area contributed by atoms with Gasteiger partial charge in [0.2, 0.25) is 0 Å². The van der Waals surface area contributed by atoms with Gasteiger partial charge in [-0.05, 0) is 56.1 Å². The maximum atomic E-state index is 13.7. The van der Waals surface area contributed by atoms with Crippen molar-refractivity contribution >= 4 is 11.7 Å². The molecular weight excluding hydrogens is 414 g/mol. The van der Waals surface area contributed by atoms with E-state index in [-0.39, 0.29) is 17.9 Å². The summed E-state index contributed by atoms with van der Waals surface area (Å²) < 4.78 is 1.83. The summed E-state index contributed by atoms with van der Waals surface area (Å²) >= 11 is 0. The van der Waals surface area contributed by atoms with E-state index in [1.54, 1.807) is 11.1 Å². The van der Waals surface area contributed by atoms with E-state index in [9.17, 15) is 9.90 Å². The van der Waals surface area contributed by atoms with E-state index in [0.717, 1.165) is 31.4 Å². The molecule has 2 heterocycles. The Kier molecular flexibility index (Phi) is 5.52. The monoisotopic (exact) mass is 445 g/mol. The zero-order valence-electron chi connectivity index (χ0n) is 19.3. The molecule has 1 unspecified atom stereocenters. The molecule has 5 rings (SSSR count). The summed E-state index contributed by atoms with van der Waals surface area (Å²) in [6, 6.07) is 13.1. The van der Waals surface area contributed by atoms with Gasteiger partial charge in [-0.25, -0.2) is 14.6 Å². The Morgan fingerprint density at radius 3 is 2.64 bits per heavy atom. The summed E-state index contributed by atoms with van der Waals surface area (Å²) in [6.45, 7) is 4.60. The van der Waals surface area contributed by atoms with E-state index < -0.39 is 5.60 Å². The molecule has 2 saturated carbocycles. The highest BCUT2D eigenvalue weighted by Crippen LogP contribution is 2.44. The standard InChI is InChI=1S/C26H31N5O2/c1-25(2)12-6-13-26(33,16-25)17-30(24(32)20-7-4-3-5-8-20)23-15-21(19-9-10-19)31(29-23)22-11-14-27-18-28-22/h3-5,7-8,11,14-15,18-19,33H,6,9-10,12-13,16-17H2,1-2H3. The molecule has 7 nitrogen and oxygen atoms in total. The van der Waals surface area contributed by atoms with Crippen LogP contribution in [0.25, 0.3) is 5.82 Å². The van der Waals surface area contributed by atoms with Crippen molar-refractivity contribution in [3.63, 3.8) is 0 Å². The molecule has 1 aromatic carbocycles. The van der Waals surface area contributed by atoms with E-state index in [1.807, 2.05) is 47.1 Å². The molecule has 0 radical (unpaired) electrons. The fourth-order valence-electron chi connectivity index (χ4n) is 5.16. The van der Waals surface area contributed by atoms with Crippen LogP contribution in [0.3, 0.4) is 0 Å². The summed E-state index contributed by atoms with van der Waals surface area (Å²) in [4.78, 5) is 23.8.